The minimum Gasteiger partial charge on any atom is -0.483 e. The molecule has 5 aromatic rings. The number of fused-ring (bicyclic) bond motifs is 6. The largest absolute Gasteiger partial charge is 0.483 e. The fourth-order valence-electron chi connectivity index (χ4n) is 8.66. The van der Waals surface area contributed by atoms with Gasteiger partial charge >= 0.3 is 6.09 Å². The number of nitrogens with two attached hydrogens (primary N) is 1. The minimum atomic E-state index is -0.933. The highest BCUT2D eigenvalue weighted by molar-refractivity contribution is 6.04. The van der Waals surface area contributed by atoms with Crippen molar-refractivity contribution in [2.75, 3.05) is 53.6 Å². The lowest BCUT2D eigenvalue weighted by molar-refractivity contribution is -0.167. The summed E-state index contributed by atoms with van der Waals surface area (Å²) in [6, 6.07) is 18.9. The van der Waals surface area contributed by atoms with Crippen LogP contribution in [-0.4, -0.2) is 107 Å². The number of rotatable bonds is 17. The van der Waals surface area contributed by atoms with Crippen LogP contribution < -0.4 is 16.4 Å². The molecule has 2 atom stereocenters. The Labute approximate surface area is 365 Å². The lowest BCUT2D eigenvalue weighted by atomic mass is 9.80. The van der Waals surface area contributed by atoms with E-state index in [1.165, 1.54) is 25.4 Å². The second kappa shape index (κ2) is 18.9. The van der Waals surface area contributed by atoms with Crippen molar-refractivity contribution < 1.29 is 33.3 Å². The van der Waals surface area contributed by atoms with Gasteiger partial charge in [0.1, 0.15) is 17.7 Å². The van der Waals surface area contributed by atoms with E-state index in [-0.39, 0.29) is 43.9 Å². The summed E-state index contributed by atoms with van der Waals surface area (Å²) in [5, 5.41) is 7.76. The number of H-pyrrole nitrogens is 2. The van der Waals surface area contributed by atoms with Crippen molar-refractivity contribution in [3.8, 4) is 0 Å². The Bertz CT molecular complexity index is 2560. The fraction of sp³-hybridized carbons (Fsp3) is 0.383. The maximum absolute atomic E-state index is 14.1. The van der Waals surface area contributed by atoms with Crippen molar-refractivity contribution in [3.05, 3.63) is 125 Å². The topological polar surface area (TPSA) is 202 Å². The lowest BCUT2D eigenvalue weighted by Gasteiger charge is -2.30. The van der Waals surface area contributed by atoms with Gasteiger partial charge in [-0.05, 0) is 79.5 Å². The van der Waals surface area contributed by atoms with E-state index >= 15 is 0 Å². The quantitative estimate of drug-likeness (QED) is 0.0744. The molecule has 63 heavy (non-hydrogen) atoms. The van der Waals surface area contributed by atoms with Crippen LogP contribution in [-0.2, 0) is 48.0 Å². The average molecular weight is 858 g/mol. The number of benzene rings is 3. The summed E-state index contributed by atoms with van der Waals surface area (Å²) in [5.74, 6) is 0.460. The molecule has 16 heteroatoms. The van der Waals surface area contributed by atoms with E-state index in [0.29, 0.717) is 55.8 Å². The molecule has 3 amide bonds. The third kappa shape index (κ3) is 9.62. The molecule has 1 aliphatic heterocycles. The summed E-state index contributed by atoms with van der Waals surface area (Å²) in [6.45, 7) is 8.03. The number of methoxy groups -OCH3 is 2. The predicted molar refractivity (Wildman–Crippen MR) is 238 cm³/mol. The van der Waals surface area contributed by atoms with Gasteiger partial charge in [-0.3, -0.25) is 9.59 Å². The van der Waals surface area contributed by atoms with Gasteiger partial charge in [-0.1, -0.05) is 66.7 Å². The molecule has 2 aromatic heterocycles. The number of aromatic nitrogens is 4. The number of carbonyl (C=O) groups is 3. The van der Waals surface area contributed by atoms with Crippen molar-refractivity contribution in [3.63, 3.8) is 0 Å². The Morgan fingerprint density at radius 3 is 2.52 bits per heavy atom. The van der Waals surface area contributed by atoms with Crippen molar-refractivity contribution >= 4 is 45.3 Å². The number of allylic oxidation sites excluding steroid dienone is 4. The van der Waals surface area contributed by atoms with E-state index in [9.17, 15) is 14.4 Å². The van der Waals surface area contributed by atoms with E-state index < -0.39 is 17.9 Å². The Kier molecular flexibility index (Phi) is 12.9. The fourth-order valence-corrected chi connectivity index (χ4v) is 8.66. The number of hydrogen-bond acceptors (Lipinski definition) is 11. The first-order chi connectivity index (χ1) is 30.5. The zero-order chi connectivity index (χ0) is 44.1. The molecule has 1 unspecified atom stereocenters. The zero-order valence-corrected chi connectivity index (χ0v) is 36.0. The summed E-state index contributed by atoms with van der Waals surface area (Å²) >= 11 is 0. The lowest BCUT2D eigenvalue weighted by Crippen LogP contribution is -2.47. The first kappa shape index (κ1) is 43.2. The molecule has 6 N–H and O–H groups in total. The number of ether oxygens (including phenoxy) is 4. The summed E-state index contributed by atoms with van der Waals surface area (Å²) < 4.78 is 21.6. The maximum atomic E-state index is 14.1. The highest BCUT2D eigenvalue weighted by atomic mass is 16.7. The number of hydrogen-bond donors (Lipinski definition) is 5. The van der Waals surface area contributed by atoms with Crippen LogP contribution in [0.1, 0.15) is 72.3 Å². The van der Waals surface area contributed by atoms with Gasteiger partial charge in [-0.2, -0.15) is 0 Å². The molecular formula is C47H55N9O7. The number of imidazole rings is 2. The molecule has 8 rings (SSSR count). The van der Waals surface area contributed by atoms with Crippen LogP contribution in [0.3, 0.4) is 0 Å². The molecule has 330 valence electrons. The summed E-state index contributed by atoms with van der Waals surface area (Å²) in [6.07, 6.45) is 7.02. The number of aromatic amines is 2. The zero-order valence-electron chi connectivity index (χ0n) is 36.0. The predicted octanol–water partition coefficient (Wildman–Crippen LogP) is 5.46. The van der Waals surface area contributed by atoms with E-state index in [1.54, 1.807) is 9.80 Å². The first-order valence-corrected chi connectivity index (χ1v) is 21.4. The molecule has 0 bridgehead atoms. The highest BCUT2D eigenvalue weighted by Gasteiger charge is 2.36. The molecule has 3 aliphatic rings. The Hall–Kier alpha value is -6.49. The number of alkyl carbamates (subject to hydrolysis) is 1. The average Bonchev–Trinajstić information content (AvgIpc) is 4.06. The van der Waals surface area contributed by atoms with Gasteiger partial charge in [0, 0.05) is 17.8 Å². The van der Waals surface area contributed by atoms with E-state index in [1.807, 2.05) is 43.3 Å². The summed E-state index contributed by atoms with van der Waals surface area (Å²) in [4.78, 5) is 60.1. The Balaban J connectivity index is 0.979. The third-order valence-electron chi connectivity index (χ3n) is 11.9. The molecule has 16 nitrogen and oxygen atoms in total. The van der Waals surface area contributed by atoms with Gasteiger partial charge in [0.05, 0.1) is 76.0 Å². The van der Waals surface area contributed by atoms with Gasteiger partial charge in [-0.25, -0.2) is 14.8 Å². The smallest absolute Gasteiger partial charge is 0.407 e. The van der Waals surface area contributed by atoms with Gasteiger partial charge in [0.15, 0.2) is 11.7 Å². The highest BCUT2D eigenvalue weighted by Crippen LogP contribution is 2.42. The van der Waals surface area contributed by atoms with E-state index in [0.717, 1.165) is 58.0 Å². The van der Waals surface area contributed by atoms with Gasteiger partial charge in [0.25, 0.3) is 0 Å². The molecule has 1 fully saturated rings. The number of amides is 3. The third-order valence-corrected chi connectivity index (χ3v) is 11.9. The van der Waals surface area contributed by atoms with Crippen LogP contribution in [0.25, 0.3) is 27.4 Å². The monoisotopic (exact) mass is 857 g/mol. The molecule has 1 saturated heterocycles. The summed E-state index contributed by atoms with van der Waals surface area (Å²) in [7, 11) is 2.77. The van der Waals surface area contributed by atoms with Crippen LogP contribution in [0.5, 0.6) is 0 Å². The standard InChI is InChI=1S/C47H55N9O7/c1-29(60-3)49-25-41(57)56(28-47(2)62-21-22-63-47)27-40-51-38-18-14-34-24-32(12-16-36(34)44(38)53-40)31-11-15-35-33(23-31)13-17-37-43(35)52-39(50-37)26-55(20-8-19-48)45(58)42(54-46(59)61-4)30-9-6-5-7-10-30/h5-7,9-10,12,14-16,18,23-24,31,42,49H,1,8,11,13,17,19-22,25-28,48H2,2-4H3,(H,50,52)(H,51,53)(H,54,59)/t31?,42-/m1/s1. The summed E-state index contributed by atoms with van der Waals surface area (Å²) in [5.41, 5.74) is 13.9. The van der Waals surface area contributed by atoms with Crippen LogP contribution in [0.4, 0.5) is 4.79 Å². The first-order valence-electron chi connectivity index (χ1n) is 21.4. The van der Waals surface area contributed by atoms with E-state index in [2.05, 4.69) is 63.6 Å². The van der Waals surface area contributed by atoms with Crippen LogP contribution in [0.2, 0.25) is 0 Å². The minimum absolute atomic E-state index is 0.00179. The van der Waals surface area contributed by atoms with E-state index in [4.69, 9.17) is 34.6 Å². The molecule has 0 radical (unpaired) electrons. The van der Waals surface area contributed by atoms with Crippen molar-refractivity contribution in [2.24, 2.45) is 5.73 Å². The number of carbonyl (C=O) groups excluding carboxylic acids is 3. The second-order valence-corrected chi connectivity index (χ2v) is 16.2. The SMILES string of the molecule is C=C(NCC(=O)N(Cc1nc2ccc3cc(C4C=C5CCc6nc(CN(CCCN)C(=O)[C@H](NC(=O)OC)c7ccccc7)[nH]c6C5=CC4)ccc3c2[nH]1)CC1(C)OCCO1)OC. The van der Waals surface area contributed by atoms with Crippen LogP contribution in [0.15, 0.2) is 90.9 Å². The Morgan fingerprint density at radius 1 is 0.984 bits per heavy atom. The van der Waals surface area contributed by atoms with Crippen molar-refractivity contribution in [1.82, 2.24) is 40.4 Å². The van der Waals surface area contributed by atoms with Crippen molar-refractivity contribution in [2.45, 2.75) is 63.4 Å². The maximum Gasteiger partial charge on any atom is 0.407 e. The molecule has 2 aliphatic carbocycles. The van der Waals surface area contributed by atoms with Crippen LogP contribution >= 0.6 is 0 Å². The molecule has 0 saturated carbocycles. The number of nitrogens with one attached hydrogen (secondary N) is 4. The second-order valence-electron chi connectivity index (χ2n) is 16.2. The van der Waals surface area contributed by atoms with Gasteiger partial charge in [0.2, 0.25) is 11.8 Å². The molecule has 0 spiro atoms. The molecule has 3 heterocycles. The van der Waals surface area contributed by atoms with Gasteiger partial charge < -0.3 is 55.1 Å². The molecular weight excluding hydrogens is 803 g/mol. The van der Waals surface area contributed by atoms with Crippen LogP contribution in [0, 0.1) is 0 Å². The normalized spacial score (nSPS) is 16.9. The Morgan fingerprint density at radius 2 is 1.76 bits per heavy atom. The number of nitrogens with zero attached hydrogens (tertiary/aromatic N) is 4. The van der Waals surface area contributed by atoms with Crippen molar-refractivity contribution in [1.29, 1.82) is 0 Å². The molecule has 3 aromatic carbocycles. The van der Waals surface area contributed by atoms with Gasteiger partial charge in [-0.15, -0.1) is 0 Å². The number of aryl methyl sites for hydroxylation is 1.